The Morgan fingerprint density at radius 1 is 1.27 bits per heavy atom. The van der Waals surface area contributed by atoms with Crippen molar-refractivity contribution >= 4 is 45.0 Å². The first-order chi connectivity index (χ1) is 10.4. The molecule has 0 amide bonds. The fourth-order valence-corrected chi connectivity index (χ4v) is 3.42. The normalized spacial score (nSPS) is 10.8. The summed E-state index contributed by atoms with van der Waals surface area (Å²) in [6.45, 7) is 3.75. The van der Waals surface area contributed by atoms with E-state index in [-0.39, 0.29) is 16.8 Å². The highest BCUT2D eigenvalue weighted by Crippen LogP contribution is 2.42. The summed E-state index contributed by atoms with van der Waals surface area (Å²) in [6, 6.07) is 10.5. The maximum Gasteiger partial charge on any atom is 0.285 e. The second-order valence-corrected chi connectivity index (χ2v) is 7.05. The van der Waals surface area contributed by atoms with Gasteiger partial charge in [0.05, 0.1) is 20.9 Å². The van der Waals surface area contributed by atoms with Crippen LogP contribution in [0.1, 0.15) is 13.8 Å². The first-order valence-electron chi connectivity index (χ1n) is 6.45. The van der Waals surface area contributed by atoms with Crippen LogP contribution in [0.2, 0.25) is 5.02 Å². The summed E-state index contributed by atoms with van der Waals surface area (Å²) in [6.07, 6.45) is -0.0692. The summed E-state index contributed by atoms with van der Waals surface area (Å²) in [7, 11) is 0. The molecule has 0 aliphatic carbocycles. The highest BCUT2D eigenvalue weighted by atomic mass is 79.9. The summed E-state index contributed by atoms with van der Waals surface area (Å²) in [5.74, 6) is 0.442. The van der Waals surface area contributed by atoms with Crippen LogP contribution in [0.3, 0.4) is 0 Å². The van der Waals surface area contributed by atoms with Gasteiger partial charge in [-0.3, -0.25) is 10.1 Å². The van der Waals surface area contributed by atoms with Gasteiger partial charge in [-0.2, -0.15) is 0 Å². The number of halogens is 2. The van der Waals surface area contributed by atoms with Gasteiger partial charge in [0.2, 0.25) is 0 Å². The van der Waals surface area contributed by atoms with Gasteiger partial charge >= 0.3 is 0 Å². The number of nitro groups is 1. The quantitative estimate of drug-likeness (QED) is 0.458. The van der Waals surface area contributed by atoms with Crippen molar-refractivity contribution in [1.82, 2.24) is 0 Å². The first kappa shape index (κ1) is 17.1. The van der Waals surface area contributed by atoms with E-state index >= 15 is 0 Å². The van der Waals surface area contributed by atoms with Gasteiger partial charge in [0.1, 0.15) is 5.75 Å². The van der Waals surface area contributed by atoms with E-state index in [0.717, 1.165) is 9.37 Å². The lowest BCUT2D eigenvalue weighted by Gasteiger charge is -2.13. The van der Waals surface area contributed by atoms with Crippen molar-refractivity contribution < 1.29 is 9.66 Å². The summed E-state index contributed by atoms with van der Waals surface area (Å²) in [5.41, 5.74) is -0.0399. The van der Waals surface area contributed by atoms with Crippen molar-refractivity contribution in [3.8, 4) is 5.75 Å². The highest BCUT2D eigenvalue weighted by Gasteiger charge is 2.20. The SMILES string of the molecule is CC(C)Oc1cc(Sc2ccccc2Br)c([N+](=O)[O-])cc1Cl. The Hall–Kier alpha value is -1.24. The second kappa shape index (κ2) is 7.35. The fourth-order valence-electron chi connectivity index (χ4n) is 1.74. The van der Waals surface area contributed by atoms with E-state index in [2.05, 4.69) is 15.9 Å². The van der Waals surface area contributed by atoms with Crippen LogP contribution in [0.25, 0.3) is 0 Å². The van der Waals surface area contributed by atoms with Gasteiger partial charge in [0.25, 0.3) is 5.69 Å². The summed E-state index contributed by atoms with van der Waals surface area (Å²) in [5, 5.41) is 11.5. The monoisotopic (exact) mass is 401 g/mol. The lowest BCUT2D eigenvalue weighted by atomic mass is 10.3. The van der Waals surface area contributed by atoms with Gasteiger partial charge in [-0.05, 0) is 41.9 Å². The number of nitrogens with zero attached hydrogens (tertiary/aromatic N) is 1. The standard InChI is InChI=1S/C15H13BrClNO3S/c1-9(2)21-13-8-15(12(18(19)20)7-11(13)17)22-14-6-4-3-5-10(14)16/h3-9H,1-2H3. The van der Waals surface area contributed by atoms with Crippen molar-refractivity contribution in [2.24, 2.45) is 0 Å². The van der Waals surface area contributed by atoms with Crippen LogP contribution in [0, 0.1) is 10.1 Å². The molecule has 0 spiro atoms. The Morgan fingerprint density at radius 2 is 1.95 bits per heavy atom. The maximum absolute atomic E-state index is 11.3. The van der Waals surface area contributed by atoms with Gasteiger partial charge in [-0.1, -0.05) is 35.5 Å². The molecule has 2 aromatic carbocycles. The van der Waals surface area contributed by atoms with E-state index < -0.39 is 4.92 Å². The average Bonchev–Trinajstić information content (AvgIpc) is 2.43. The molecule has 0 fully saturated rings. The number of benzene rings is 2. The molecule has 0 radical (unpaired) electrons. The Kier molecular flexibility index (Phi) is 5.72. The molecule has 2 rings (SSSR count). The summed E-state index contributed by atoms with van der Waals surface area (Å²) in [4.78, 5) is 12.2. The van der Waals surface area contributed by atoms with Crippen LogP contribution >= 0.6 is 39.3 Å². The zero-order chi connectivity index (χ0) is 16.3. The molecular formula is C15H13BrClNO3S. The zero-order valence-corrected chi connectivity index (χ0v) is 15.0. The molecule has 0 atom stereocenters. The summed E-state index contributed by atoms with van der Waals surface area (Å²) < 4.78 is 6.48. The first-order valence-corrected chi connectivity index (χ1v) is 8.44. The van der Waals surface area contributed by atoms with Gasteiger partial charge < -0.3 is 4.74 Å². The molecule has 7 heteroatoms. The molecule has 0 saturated heterocycles. The molecule has 0 unspecified atom stereocenters. The van der Waals surface area contributed by atoms with E-state index in [9.17, 15) is 10.1 Å². The fraction of sp³-hybridized carbons (Fsp3) is 0.200. The molecule has 0 bridgehead atoms. The Labute approximate surface area is 146 Å². The predicted molar refractivity (Wildman–Crippen MR) is 92.1 cm³/mol. The minimum Gasteiger partial charge on any atom is -0.489 e. The van der Waals surface area contributed by atoms with E-state index in [1.807, 2.05) is 38.1 Å². The molecule has 2 aromatic rings. The largest absolute Gasteiger partial charge is 0.489 e. The van der Waals surface area contributed by atoms with E-state index in [4.69, 9.17) is 16.3 Å². The maximum atomic E-state index is 11.3. The topological polar surface area (TPSA) is 52.4 Å². The van der Waals surface area contributed by atoms with Gasteiger partial charge in [-0.15, -0.1) is 0 Å². The van der Waals surface area contributed by atoms with Crippen molar-refractivity contribution in [2.45, 2.75) is 29.7 Å². The smallest absolute Gasteiger partial charge is 0.285 e. The van der Waals surface area contributed by atoms with Crippen molar-refractivity contribution in [3.63, 3.8) is 0 Å². The molecule has 0 heterocycles. The van der Waals surface area contributed by atoms with Gasteiger partial charge in [-0.25, -0.2) is 0 Å². The van der Waals surface area contributed by atoms with Crippen molar-refractivity contribution in [3.05, 3.63) is 56.0 Å². The minimum atomic E-state index is -0.440. The molecule has 4 nitrogen and oxygen atoms in total. The van der Waals surface area contributed by atoms with Crippen LogP contribution < -0.4 is 4.74 Å². The van der Waals surface area contributed by atoms with Crippen molar-refractivity contribution in [1.29, 1.82) is 0 Å². The molecule has 0 aromatic heterocycles. The van der Waals surface area contributed by atoms with Gasteiger partial charge in [0, 0.05) is 21.5 Å². The summed E-state index contributed by atoms with van der Waals surface area (Å²) >= 11 is 10.8. The molecular weight excluding hydrogens is 390 g/mol. The number of hydrogen-bond donors (Lipinski definition) is 0. The van der Waals surface area contributed by atoms with Crippen molar-refractivity contribution in [2.75, 3.05) is 0 Å². The predicted octanol–water partition coefficient (Wildman–Crippen LogP) is 5.95. The Morgan fingerprint density at radius 3 is 2.55 bits per heavy atom. The number of ether oxygens (including phenoxy) is 1. The number of rotatable bonds is 5. The zero-order valence-electron chi connectivity index (χ0n) is 11.9. The van der Waals surface area contributed by atoms with Crippen LogP contribution in [0.15, 0.2) is 50.7 Å². The van der Waals surface area contributed by atoms with Crippen LogP contribution in [0.4, 0.5) is 5.69 Å². The molecule has 22 heavy (non-hydrogen) atoms. The molecule has 0 aliphatic heterocycles. The Balaban J connectivity index is 2.47. The molecule has 0 N–H and O–H groups in total. The molecule has 116 valence electrons. The van der Waals surface area contributed by atoms with E-state index in [0.29, 0.717) is 10.6 Å². The molecule has 0 saturated carbocycles. The van der Waals surface area contributed by atoms with Crippen LogP contribution in [-0.4, -0.2) is 11.0 Å². The third kappa shape index (κ3) is 4.15. The van der Waals surface area contributed by atoms with Crippen LogP contribution in [-0.2, 0) is 0 Å². The lowest BCUT2D eigenvalue weighted by molar-refractivity contribution is -0.387. The number of hydrogen-bond acceptors (Lipinski definition) is 4. The number of nitro benzene ring substituents is 1. The van der Waals surface area contributed by atoms with Crippen LogP contribution in [0.5, 0.6) is 5.75 Å². The third-order valence-corrected chi connectivity index (χ3v) is 5.00. The molecule has 0 aliphatic rings. The lowest BCUT2D eigenvalue weighted by Crippen LogP contribution is -2.06. The van der Waals surface area contributed by atoms with E-state index in [1.165, 1.54) is 17.8 Å². The third-order valence-electron chi connectivity index (χ3n) is 2.63. The average molecular weight is 403 g/mol. The Bertz CT molecular complexity index is 709. The van der Waals surface area contributed by atoms with E-state index in [1.54, 1.807) is 6.07 Å². The minimum absolute atomic E-state index is 0.0399. The highest BCUT2D eigenvalue weighted by molar-refractivity contribution is 9.10. The second-order valence-electron chi connectivity index (χ2n) is 4.71. The van der Waals surface area contributed by atoms with Gasteiger partial charge in [0.15, 0.2) is 0 Å².